The fourth-order valence-corrected chi connectivity index (χ4v) is 4.11. The van der Waals surface area contributed by atoms with Crippen LogP contribution in [0.3, 0.4) is 0 Å². The summed E-state index contributed by atoms with van der Waals surface area (Å²) in [5.41, 5.74) is 2.87. The molecule has 5 aromatic rings. The van der Waals surface area contributed by atoms with Gasteiger partial charge in [0.05, 0.1) is 7.11 Å². The van der Waals surface area contributed by atoms with Crippen molar-refractivity contribution in [2.75, 3.05) is 12.4 Å². The highest BCUT2D eigenvalue weighted by atomic mass is 79.9. The highest BCUT2D eigenvalue weighted by Gasteiger charge is 2.20. The monoisotopic (exact) mass is 503 g/mol. The molecule has 2 aromatic heterocycles. The molecule has 0 radical (unpaired) electrons. The third kappa shape index (κ3) is 3.91. The van der Waals surface area contributed by atoms with Gasteiger partial charge in [0.15, 0.2) is 11.5 Å². The number of anilines is 1. The average molecular weight is 504 g/mol. The first-order valence-electron chi connectivity index (χ1n) is 10.2. The Hall–Kier alpha value is -3.84. The maximum atomic E-state index is 13.0. The summed E-state index contributed by atoms with van der Waals surface area (Å²) < 4.78 is 17.7. The molecule has 1 N–H and O–H groups in total. The summed E-state index contributed by atoms with van der Waals surface area (Å²) in [5, 5.41) is 4.45. The van der Waals surface area contributed by atoms with Crippen LogP contribution in [0.5, 0.6) is 5.75 Å². The van der Waals surface area contributed by atoms with Gasteiger partial charge in [-0.15, -0.1) is 0 Å². The van der Waals surface area contributed by atoms with E-state index in [0.29, 0.717) is 28.2 Å². The Labute approximate surface area is 197 Å². The Bertz CT molecular complexity index is 1550. The lowest BCUT2D eigenvalue weighted by molar-refractivity contribution is 0.0995. The minimum atomic E-state index is -0.377. The largest absolute Gasteiger partial charge is 0.497 e. The predicted molar refractivity (Wildman–Crippen MR) is 129 cm³/mol. The van der Waals surface area contributed by atoms with E-state index in [2.05, 4.69) is 21.2 Å². The zero-order valence-electron chi connectivity index (χ0n) is 17.8. The van der Waals surface area contributed by atoms with Gasteiger partial charge in [0.1, 0.15) is 16.9 Å². The fourth-order valence-electron chi connectivity index (χ4n) is 3.73. The molecule has 0 atom stereocenters. The number of rotatable bonds is 5. The molecule has 0 aliphatic rings. The van der Waals surface area contributed by atoms with E-state index in [9.17, 15) is 9.59 Å². The van der Waals surface area contributed by atoms with Crippen LogP contribution in [-0.4, -0.2) is 18.8 Å². The Morgan fingerprint density at radius 3 is 2.61 bits per heavy atom. The Kier molecular flexibility index (Phi) is 5.26. The van der Waals surface area contributed by atoms with Crippen molar-refractivity contribution in [3.63, 3.8) is 0 Å². The molecule has 2 heterocycles. The number of benzene rings is 3. The van der Waals surface area contributed by atoms with E-state index in [-0.39, 0.29) is 23.2 Å². The molecule has 0 saturated carbocycles. The minimum Gasteiger partial charge on any atom is -0.497 e. The van der Waals surface area contributed by atoms with E-state index < -0.39 is 0 Å². The summed E-state index contributed by atoms with van der Waals surface area (Å²) in [6, 6.07) is 19.4. The number of halogens is 1. The summed E-state index contributed by atoms with van der Waals surface area (Å²) >= 11 is 3.41. The summed E-state index contributed by atoms with van der Waals surface area (Å²) in [5.74, 6) is 0.439. The number of ether oxygens (including phenoxy) is 1. The molecule has 6 nitrogen and oxygen atoms in total. The lowest BCUT2D eigenvalue weighted by Gasteiger charge is -2.02. The molecule has 7 heteroatoms. The van der Waals surface area contributed by atoms with Crippen molar-refractivity contribution in [2.24, 2.45) is 0 Å². The third-order valence-corrected chi connectivity index (χ3v) is 5.93. The molecule has 33 heavy (non-hydrogen) atoms. The van der Waals surface area contributed by atoms with Crippen molar-refractivity contribution in [3.05, 3.63) is 93.9 Å². The fraction of sp³-hybridized carbons (Fsp3) is 0.0769. The number of carbonyl (C=O) groups excluding carboxylic acids is 2. The van der Waals surface area contributed by atoms with E-state index in [1.54, 1.807) is 55.6 Å². The Morgan fingerprint density at radius 1 is 0.939 bits per heavy atom. The minimum absolute atomic E-state index is 0.202. The number of ketones is 1. The molecular weight excluding hydrogens is 486 g/mol. The van der Waals surface area contributed by atoms with Crippen LogP contribution in [0.1, 0.15) is 32.2 Å². The topological polar surface area (TPSA) is 81.7 Å². The summed E-state index contributed by atoms with van der Waals surface area (Å²) in [6.45, 7) is 1.84. The van der Waals surface area contributed by atoms with Gasteiger partial charge in [-0.05, 0) is 55.5 Å². The van der Waals surface area contributed by atoms with Crippen molar-refractivity contribution in [1.29, 1.82) is 0 Å². The van der Waals surface area contributed by atoms with Crippen LogP contribution in [0.2, 0.25) is 0 Å². The molecule has 1 amide bonds. The second-order valence-corrected chi connectivity index (χ2v) is 8.49. The normalized spacial score (nSPS) is 11.1. The first-order chi connectivity index (χ1) is 15.9. The quantitative estimate of drug-likeness (QED) is 0.268. The summed E-state index contributed by atoms with van der Waals surface area (Å²) in [7, 11) is 1.55. The number of hydrogen-bond acceptors (Lipinski definition) is 5. The van der Waals surface area contributed by atoms with Crippen LogP contribution >= 0.6 is 15.9 Å². The molecule has 5 rings (SSSR count). The average Bonchev–Trinajstić information content (AvgIpc) is 3.39. The number of aryl methyl sites for hydroxylation is 1. The standard InChI is InChI=1S/C26H18BrNO5/c1-14-20-8-7-18(28-26(30)23-12-16-10-17(27)6-9-21(16)32-23)13-22(20)33-25(14)24(29)15-4-3-5-19(11-15)31-2/h3-13H,1-2H3,(H,28,30). The van der Waals surface area contributed by atoms with Gasteiger partial charge < -0.3 is 18.9 Å². The molecule has 0 aliphatic carbocycles. The molecule has 164 valence electrons. The molecule has 0 bridgehead atoms. The molecule has 0 spiro atoms. The molecule has 3 aromatic carbocycles. The van der Waals surface area contributed by atoms with Crippen molar-refractivity contribution >= 4 is 55.2 Å². The Morgan fingerprint density at radius 2 is 1.79 bits per heavy atom. The van der Waals surface area contributed by atoms with Crippen LogP contribution in [0.4, 0.5) is 5.69 Å². The highest BCUT2D eigenvalue weighted by Crippen LogP contribution is 2.30. The van der Waals surface area contributed by atoms with Crippen molar-refractivity contribution in [3.8, 4) is 5.75 Å². The first-order valence-corrected chi connectivity index (χ1v) is 10.9. The van der Waals surface area contributed by atoms with Gasteiger partial charge in [-0.25, -0.2) is 0 Å². The molecule has 0 saturated heterocycles. The van der Waals surface area contributed by atoms with Crippen molar-refractivity contribution < 1.29 is 23.2 Å². The van der Waals surface area contributed by atoms with Gasteiger partial charge in [-0.3, -0.25) is 9.59 Å². The zero-order valence-corrected chi connectivity index (χ0v) is 19.4. The van der Waals surface area contributed by atoms with Crippen molar-refractivity contribution in [1.82, 2.24) is 0 Å². The lowest BCUT2D eigenvalue weighted by Crippen LogP contribution is -2.10. The second-order valence-electron chi connectivity index (χ2n) is 7.58. The molecule has 0 fully saturated rings. The number of hydrogen-bond donors (Lipinski definition) is 1. The first kappa shape index (κ1) is 21.0. The van der Waals surface area contributed by atoms with Crippen LogP contribution in [0, 0.1) is 6.92 Å². The maximum Gasteiger partial charge on any atom is 0.291 e. The predicted octanol–water partition coefficient (Wildman–Crippen LogP) is 6.74. The SMILES string of the molecule is COc1cccc(C(=O)c2oc3cc(NC(=O)c4cc5cc(Br)ccc5o4)ccc3c2C)c1. The van der Waals surface area contributed by atoms with Crippen LogP contribution in [0.25, 0.3) is 21.9 Å². The van der Waals surface area contributed by atoms with Gasteiger partial charge in [0.2, 0.25) is 5.78 Å². The number of fused-ring (bicyclic) bond motifs is 2. The lowest BCUT2D eigenvalue weighted by atomic mass is 10.0. The number of furan rings is 2. The summed E-state index contributed by atoms with van der Waals surface area (Å²) in [4.78, 5) is 25.7. The van der Waals surface area contributed by atoms with Gasteiger partial charge in [0.25, 0.3) is 5.91 Å². The molecular formula is C26H18BrNO5. The van der Waals surface area contributed by atoms with Crippen LogP contribution in [-0.2, 0) is 0 Å². The van der Waals surface area contributed by atoms with E-state index in [1.807, 2.05) is 25.1 Å². The summed E-state index contributed by atoms with van der Waals surface area (Å²) in [6.07, 6.45) is 0. The number of carbonyl (C=O) groups is 2. The van der Waals surface area contributed by atoms with Gasteiger partial charge >= 0.3 is 0 Å². The highest BCUT2D eigenvalue weighted by molar-refractivity contribution is 9.10. The van der Waals surface area contributed by atoms with Gasteiger partial charge in [-0.1, -0.05) is 28.1 Å². The van der Waals surface area contributed by atoms with E-state index in [4.69, 9.17) is 13.6 Å². The molecule has 0 aliphatic heterocycles. The number of methoxy groups -OCH3 is 1. The molecule has 0 unspecified atom stereocenters. The second kappa shape index (κ2) is 8.26. The van der Waals surface area contributed by atoms with Gasteiger partial charge in [0, 0.05) is 38.1 Å². The van der Waals surface area contributed by atoms with E-state index in [0.717, 1.165) is 20.8 Å². The maximum absolute atomic E-state index is 13.0. The van der Waals surface area contributed by atoms with E-state index in [1.165, 1.54) is 0 Å². The zero-order chi connectivity index (χ0) is 23.1. The number of amides is 1. The van der Waals surface area contributed by atoms with Crippen LogP contribution < -0.4 is 10.1 Å². The third-order valence-electron chi connectivity index (χ3n) is 5.44. The van der Waals surface area contributed by atoms with Crippen LogP contribution in [0.15, 0.2) is 80.0 Å². The Balaban J connectivity index is 1.43. The van der Waals surface area contributed by atoms with Crippen molar-refractivity contribution in [2.45, 2.75) is 6.92 Å². The van der Waals surface area contributed by atoms with E-state index >= 15 is 0 Å². The smallest absolute Gasteiger partial charge is 0.291 e. The number of nitrogens with one attached hydrogen (secondary N) is 1. The van der Waals surface area contributed by atoms with Gasteiger partial charge in [-0.2, -0.15) is 0 Å².